The molecule has 1 saturated carbocycles. The minimum absolute atomic E-state index is 0.0671. The van der Waals surface area contributed by atoms with Crippen molar-refractivity contribution < 1.29 is 19.1 Å². The summed E-state index contributed by atoms with van der Waals surface area (Å²) in [5.41, 5.74) is 5.04. The molecule has 5 rings (SSSR count). The van der Waals surface area contributed by atoms with Crippen LogP contribution < -0.4 is 5.32 Å². The molecule has 0 bridgehead atoms. The highest BCUT2D eigenvalue weighted by atomic mass is 16.5. The van der Waals surface area contributed by atoms with Gasteiger partial charge in [-0.2, -0.15) is 0 Å². The lowest BCUT2D eigenvalue weighted by Crippen LogP contribution is -2.35. The van der Waals surface area contributed by atoms with Gasteiger partial charge in [0.1, 0.15) is 17.8 Å². The number of imidazole rings is 1. The SMILES string of the molecule is CO[C@H]1CC[C@H](n2c([C@@H]3CCOCC(O)N3)nc3cc(-c4c(C)noc4C)ccc32)CC1. The molecule has 1 aromatic carbocycles. The molecule has 2 aromatic heterocycles. The Morgan fingerprint density at radius 1 is 1.16 bits per heavy atom. The van der Waals surface area contributed by atoms with Gasteiger partial charge in [-0.3, -0.25) is 5.32 Å². The molecule has 2 N–H and O–H groups in total. The number of aliphatic hydroxyl groups excluding tert-OH is 1. The van der Waals surface area contributed by atoms with Crippen molar-refractivity contribution in [2.45, 2.75) is 70.4 Å². The molecule has 0 amide bonds. The highest BCUT2D eigenvalue weighted by Crippen LogP contribution is 2.37. The van der Waals surface area contributed by atoms with E-state index in [0.29, 0.717) is 25.4 Å². The number of nitrogens with zero attached hydrogens (tertiary/aromatic N) is 3. The topological polar surface area (TPSA) is 94.6 Å². The fourth-order valence-electron chi connectivity index (χ4n) is 5.30. The first-order chi connectivity index (χ1) is 15.5. The predicted octanol–water partition coefficient (Wildman–Crippen LogP) is 3.81. The molecular weight excluding hydrogens is 408 g/mol. The van der Waals surface area contributed by atoms with E-state index in [1.54, 1.807) is 7.11 Å². The fourth-order valence-corrected chi connectivity index (χ4v) is 5.30. The minimum Gasteiger partial charge on any atom is -0.381 e. The zero-order valence-corrected chi connectivity index (χ0v) is 19.0. The van der Waals surface area contributed by atoms with Gasteiger partial charge in [0, 0.05) is 25.3 Å². The van der Waals surface area contributed by atoms with E-state index in [1.165, 1.54) is 0 Å². The summed E-state index contributed by atoms with van der Waals surface area (Å²) < 4.78 is 18.9. The first-order valence-corrected chi connectivity index (χ1v) is 11.5. The molecule has 0 spiro atoms. The zero-order chi connectivity index (χ0) is 22.2. The number of rotatable bonds is 4. The number of benzene rings is 1. The number of ether oxygens (including phenoxy) is 2. The zero-order valence-electron chi connectivity index (χ0n) is 19.0. The van der Waals surface area contributed by atoms with Gasteiger partial charge < -0.3 is 23.7 Å². The van der Waals surface area contributed by atoms with Crippen LogP contribution in [0.25, 0.3) is 22.2 Å². The molecule has 1 saturated heterocycles. The Morgan fingerprint density at radius 2 is 1.97 bits per heavy atom. The van der Waals surface area contributed by atoms with Crippen LogP contribution in [0.15, 0.2) is 22.7 Å². The highest BCUT2D eigenvalue weighted by molar-refractivity contribution is 5.84. The van der Waals surface area contributed by atoms with Gasteiger partial charge in [-0.1, -0.05) is 11.2 Å². The number of aliphatic hydroxyl groups is 1. The number of hydrogen-bond acceptors (Lipinski definition) is 7. The summed E-state index contributed by atoms with van der Waals surface area (Å²) in [6.07, 6.45) is 4.59. The summed E-state index contributed by atoms with van der Waals surface area (Å²) >= 11 is 0. The van der Waals surface area contributed by atoms with E-state index >= 15 is 0 Å². The van der Waals surface area contributed by atoms with Crippen molar-refractivity contribution >= 4 is 11.0 Å². The van der Waals surface area contributed by atoms with Crippen LogP contribution in [0.3, 0.4) is 0 Å². The van der Waals surface area contributed by atoms with Crippen molar-refractivity contribution in [2.75, 3.05) is 20.3 Å². The monoisotopic (exact) mass is 440 g/mol. The maximum atomic E-state index is 10.3. The van der Waals surface area contributed by atoms with Gasteiger partial charge in [-0.15, -0.1) is 0 Å². The van der Waals surface area contributed by atoms with Crippen LogP contribution in [0.2, 0.25) is 0 Å². The van der Waals surface area contributed by atoms with E-state index in [2.05, 4.69) is 33.2 Å². The van der Waals surface area contributed by atoms with Crippen molar-refractivity contribution in [3.8, 4) is 11.1 Å². The van der Waals surface area contributed by atoms with Gasteiger partial charge in [-0.05, 0) is 63.6 Å². The van der Waals surface area contributed by atoms with Crippen LogP contribution in [0.4, 0.5) is 0 Å². The van der Waals surface area contributed by atoms with E-state index < -0.39 is 6.23 Å². The number of aryl methyl sites for hydroxylation is 2. The number of hydrogen-bond donors (Lipinski definition) is 2. The lowest BCUT2D eigenvalue weighted by molar-refractivity contribution is 0.0374. The Morgan fingerprint density at radius 3 is 2.69 bits per heavy atom. The Kier molecular flexibility index (Phi) is 6.03. The highest BCUT2D eigenvalue weighted by Gasteiger charge is 2.30. The average Bonchev–Trinajstić information content (AvgIpc) is 3.26. The molecule has 8 nitrogen and oxygen atoms in total. The molecule has 2 fully saturated rings. The molecule has 3 aromatic rings. The van der Waals surface area contributed by atoms with E-state index in [1.807, 2.05) is 13.8 Å². The van der Waals surface area contributed by atoms with Crippen LogP contribution >= 0.6 is 0 Å². The van der Waals surface area contributed by atoms with Crippen molar-refractivity contribution in [3.63, 3.8) is 0 Å². The van der Waals surface area contributed by atoms with Crippen molar-refractivity contribution in [1.82, 2.24) is 20.0 Å². The number of methoxy groups -OCH3 is 1. The van der Waals surface area contributed by atoms with Gasteiger partial charge in [-0.25, -0.2) is 4.98 Å². The summed E-state index contributed by atoms with van der Waals surface area (Å²) in [7, 11) is 1.80. The molecule has 2 aliphatic rings. The summed E-state index contributed by atoms with van der Waals surface area (Å²) in [6, 6.07) is 6.72. The summed E-state index contributed by atoms with van der Waals surface area (Å²) in [6.45, 7) is 4.80. The normalized spacial score (nSPS) is 27.0. The number of nitrogens with one attached hydrogen (secondary N) is 1. The Balaban J connectivity index is 1.59. The van der Waals surface area contributed by atoms with Gasteiger partial charge in [0.15, 0.2) is 0 Å². The van der Waals surface area contributed by atoms with Gasteiger partial charge >= 0.3 is 0 Å². The van der Waals surface area contributed by atoms with Gasteiger partial charge in [0.25, 0.3) is 0 Å². The molecule has 32 heavy (non-hydrogen) atoms. The third kappa shape index (κ3) is 3.96. The van der Waals surface area contributed by atoms with Crippen molar-refractivity contribution in [3.05, 3.63) is 35.5 Å². The fraction of sp³-hybridized carbons (Fsp3) is 0.583. The third-order valence-electron chi connectivity index (χ3n) is 6.91. The smallest absolute Gasteiger partial charge is 0.141 e. The van der Waals surface area contributed by atoms with E-state index in [4.69, 9.17) is 19.0 Å². The molecular formula is C24H32N4O4. The average molecular weight is 441 g/mol. The summed E-state index contributed by atoms with van der Waals surface area (Å²) in [5, 5.41) is 17.7. The Labute approximate surface area is 187 Å². The minimum atomic E-state index is -0.696. The van der Waals surface area contributed by atoms with Gasteiger partial charge in [0.05, 0.1) is 35.5 Å². The Hall–Kier alpha value is -2.26. The second-order valence-corrected chi connectivity index (χ2v) is 9.01. The summed E-state index contributed by atoms with van der Waals surface area (Å²) in [4.78, 5) is 5.11. The second kappa shape index (κ2) is 8.94. The lowest BCUT2D eigenvalue weighted by atomic mass is 9.92. The van der Waals surface area contributed by atoms with Crippen LogP contribution in [-0.2, 0) is 9.47 Å². The van der Waals surface area contributed by atoms with Gasteiger partial charge in [0.2, 0.25) is 0 Å². The molecule has 3 heterocycles. The Bertz CT molecular complexity index is 1060. The van der Waals surface area contributed by atoms with Crippen LogP contribution in [0, 0.1) is 13.8 Å². The quantitative estimate of drug-likeness (QED) is 0.637. The second-order valence-electron chi connectivity index (χ2n) is 9.01. The molecule has 2 atom stereocenters. The van der Waals surface area contributed by atoms with Crippen molar-refractivity contribution in [1.29, 1.82) is 0 Å². The lowest BCUT2D eigenvalue weighted by Gasteiger charge is -2.31. The first-order valence-electron chi connectivity index (χ1n) is 11.5. The van der Waals surface area contributed by atoms with E-state index in [0.717, 1.165) is 71.5 Å². The molecule has 0 radical (unpaired) electrons. The maximum absolute atomic E-state index is 10.3. The van der Waals surface area contributed by atoms with Crippen LogP contribution in [-0.4, -0.2) is 52.5 Å². The predicted molar refractivity (Wildman–Crippen MR) is 120 cm³/mol. The third-order valence-corrected chi connectivity index (χ3v) is 6.91. The molecule has 8 heteroatoms. The molecule has 1 aliphatic carbocycles. The van der Waals surface area contributed by atoms with Crippen LogP contribution in [0.5, 0.6) is 0 Å². The molecule has 1 unspecified atom stereocenters. The molecule has 1 aliphatic heterocycles. The standard InChI is InChI=1S/C24H32N4O4/c1-14-23(15(2)32-27-14)16-4-9-21-20(12-16)26-24(19-10-11-31-13-22(29)25-19)28(21)17-5-7-18(30-3)8-6-17/h4,9,12,17-19,22,25,29H,5-8,10-11,13H2,1-3H3/t17-,18-,19-,22?/m0/s1. The van der Waals surface area contributed by atoms with Crippen molar-refractivity contribution in [2.24, 2.45) is 0 Å². The summed E-state index contributed by atoms with van der Waals surface area (Å²) in [5.74, 6) is 1.78. The maximum Gasteiger partial charge on any atom is 0.141 e. The van der Waals surface area contributed by atoms with Crippen LogP contribution in [0.1, 0.15) is 61.5 Å². The first kappa shape index (κ1) is 21.6. The number of aromatic nitrogens is 3. The largest absolute Gasteiger partial charge is 0.381 e. The molecule has 172 valence electrons. The van der Waals surface area contributed by atoms with E-state index in [9.17, 15) is 5.11 Å². The van der Waals surface area contributed by atoms with E-state index in [-0.39, 0.29) is 6.04 Å². The number of fused-ring (bicyclic) bond motifs is 1.